The van der Waals surface area contributed by atoms with Crippen LogP contribution in [0.1, 0.15) is 34.1 Å². The molecule has 1 fully saturated rings. The third-order valence-electron chi connectivity index (χ3n) is 2.70. The van der Waals surface area contributed by atoms with Crippen molar-refractivity contribution in [2.24, 2.45) is 5.92 Å². The molecule has 12 heavy (non-hydrogen) atoms. The van der Waals surface area contributed by atoms with Crippen molar-refractivity contribution in [3.05, 3.63) is 0 Å². The maximum atomic E-state index is 9.18. The Labute approximate surface area is 75.6 Å². The van der Waals surface area contributed by atoms with Gasteiger partial charge in [-0.05, 0) is 33.1 Å². The van der Waals surface area contributed by atoms with Crippen LogP contribution in [-0.4, -0.2) is 34.7 Å². The summed E-state index contributed by atoms with van der Waals surface area (Å²) in [5, 5.41) is 9.18. The Hall–Kier alpha value is -0.0800. The average Bonchev–Trinajstić information content (AvgIpc) is 2.29. The minimum atomic E-state index is 0.207. The minimum absolute atomic E-state index is 0.207. The van der Waals surface area contributed by atoms with E-state index < -0.39 is 0 Å². The molecule has 2 heteroatoms. The fourth-order valence-corrected chi connectivity index (χ4v) is 2.15. The highest BCUT2D eigenvalue weighted by Gasteiger charge is 2.35. The quantitative estimate of drug-likeness (QED) is 0.646. The van der Waals surface area contributed by atoms with Crippen LogP contribution in [-0.2, 0) is 0 Å². The Morgan fingerprint density at radius 2 is 2.00 bits per heavy atom. The molecule has 0 spiro atoms. The number of hydrogen-bond acceptors (Lipinski definition) is 2. The molecule has 0 bridgehead atoms. The Bertz CT molecular complexity index is 150. The molecule has 0 aromatic rings. The van der Waals surface area contributed by atoms with Gasteiger partial charge in [0, 0.05) is 18.1 Å². The molecule has 72 valence electrons. The van der Waals surface area contributed by atoms with Crippen molar-refractivity contribution in [1.29, 1.82) is 0 Å². The van der Waals surface area contributed by atoms with E-state index >= 15 is 0 Å². The summed E-state index contributed by atoms with van der Waals surface area (Å²) in [6, 6.07) is 0.389. The van der Waals surface area contributed by atoms with Crippen molar-refractivity contribution < 1.29 is 5.11 Å². The molecule has 0 saturated carbocycles. The third kappa shape index (κ3) is 1.99. The van der Waals surface area contributed by atoms with Gasteiger partial charge >= 0.3 is 0 Å². The molecule has 2 atom stereocenters. The molecule has 1 rings (SSSR count). The Morgan fingerprint density at radius 1 is 1.42 bits per heavy atom. The molecular formula is C10H21NO. The summed E-state index contributed by atoms with van der Waals surface area (Å²) in [4.78, 5) is 2.41. The van der Waals surface area contributed by atoms with Crippen LogP contribution in [0.25, 0.3) is 0 Å². The molecule has 1 N–H and O–H groups in total. The fourth-order valence-electron chi connectivity index (χ4n) is 2.15. The monoisotopic (exact) mass is 171 g/mol. The molecule has 0 radical (unpaired) electrons. The van der Waals surface area contributed by atoms with Crippen molar-refractivity contribution in [3.63, 3.8) is 0 Å². The fraction of sp³-hybridized carbons (Fsp3) is 1.00. The number of likely N-dealkylation sites (tertiary alicyclic amines) is 1. The van der Waals surface area contributed by atoms with E-state index in [1.54, 1.807) is 0 Å². The minimum Gasteiger partial charge on any atom is -0.395 e. The van der Waals surface area contributed by atoms with E-state index in [0.29, 0.717) is 12.6 Å². The lowest BCUT2D eigenvalue weighted by molar-refractivity contribution is 0.0795. The second-order valence-corrected chi connectivity index (χ2v) is 5.00. The maximum absolute atomic E-state index is 9.18. The van der Waals surface area contributed by atoms with Crippen molar-refractivity contribution >= 4 is 0 Å². The zero-order valence-electron chi connectivity index (χ0n) is 8.67. The standard InChI is InChI=1S/C10H21NO/c1-8-5-9(7-12)11(6-8)10(2,3)4/h8-9,12H,5-7H2,1-4H3/t8?,9-/m0/s1. The molecule has 2 nitrogen and oxygen atoms in total. The average molecular weight is 171 g/mol. The topological polar surface area (TPSA) is 23.5 Å². The highest BCUT2D eigenvalue weighted by atomic mass is 16.3. The van der Waals surface area contributed by atoms with Gasteiger partial charge in [0.1, 0.15) is 0 Å². The number of aliphatic hydroxyl groups excluding tert-OH is 1. The van der Waals surface area contributed by atoms with Gasteiger partial charge in [-0.3, -0.25) is 4.90 Å². The van der Waals surface area contributed by atoms with E-state index in [1.807, 2.05) is 0 Å². The molecular weight excluding hydrogens is 150 g/mol. The van der Waals surface area contributed by atoms with Crippen molar-refractivity contribution in [2.75, 3.05) is 13.2 Å². The summed E-state index contributed by atoms with van der Waals surface area (Å²) >= 11 is 0. The largest absolute Gasteiger partial charge is 0.395 e. The first kappa shape index (κ1) is 10.0. The van der Waals surface area contributed by atoms with Gasteiger partial charge in [0.25, 0.3) is 0 Å². The summed E-state index contributed by atoms with van der Waals surface area (Å²) in [7, 11) is 0. The van der Waals surface area contributed by atoms with Crippen LogP contribution in [0.2, 0.25) is 0 Å². The van der Waals surface area contributed by atoms with E-state index in [0.717, 1.165) is 18.9 Å². The molecule has 0 amide bonds. The molecule has 1 unspecified atom stereocenters. The zero-order chi connectivity index (χ0) is 9.35. The lowest BCUT2D eigenvalue weighted by Gasteiger charge is -2.36. The van der Waals surface area contributed by atoms with Crippen molar-refractivity contribution in [3.8, 4) is 0 Å². The normalized spacial score (nSPS) is 32.8. The third-order valence-corrected chi connectivity index (χ3v) is 2.70. The molecule has 1 saturated heterocycles. The van der Waals surface area contributed by atoms with Crippen molar-refractivity contribution in [2.45, 2.75) is 45.7 Å². The van der Waals surface area contributed by atoms with E-state index in [1.165, 1.54) is 0 Å². The maximum Gasteiger partial charge on any atom is 0.0587 e. The lowest BCUT2D eigenvalue weighted by Crippen LogP contribution is -2.46. The smallest absolute Gasteiger partial charge is 0.0587 e. The van der Waals surface area contributed by atoms with Crippen LogP contribution < -0.4 is 0 Å². The van der Waals surface area contributed by atoms with Crippen LogP contribution in [0.3, 0.4) is 0 Å². The van der Waals surface area contributed by atoms with Crippen LogP contribution in [0.15, 0.2) is 0 Å². The van der Waals surface area contributed by atoms with E-state index in [4.69, 9.17) is 0 Å². The van der Waals surface area contributed by atoms with E-state index in [9.17, 15) is 5.11 Å². The zero-order valence-corrected chi connectivity index (χ0v) is 8.67. The summed E-state index contributed by atoms with van der Waals surface area (Å²) < 4.78 is 0. The van der Waals surface area contributed by atoms with Crippen LogP contribution in [0.4, 0.5) is 0 Å². The first-order valence-electron chi connectivity index (χ1n) is 4.82. The lowest BCUT2D eigenvalue weighted by atomic mass is 10.1. The van der Waals surface area contributed by atoms with Gasteiger partial charge < -0.3 is 5.11 Å². The first-order chi connectivity index (χ1) is 5.45. The second-order valence-electron chi connectivity index (χ2n) is 5.00. The second kappa shape index (κ2) is 3.35. The number of aliphatic hydroxyl groups is 1. The van der Waals surface area contributed by atoms with Gasteiger partial charge in [-0.1, -0.05) is 6.92 Å². The Kier molecular flexibility index (Phi) is 2.79. The van der Waals surface area contributed by atoms with Gasteiger partial charge in [0.05, 0.1) is 6.61 Å². The SMILES string of the molecule is CC1C[C@@H](CO)N(C(C)(C)C)C1. The molecule has 1 aliphatic rings. The molecule has 0 aromatic carbocycles. The number of nitrogens with zero attached hydrogens (tertiary/aromatic N) is 1. The summed E-state index contributed by atoms with van der Waals surface area (Å²) in [5.41, 5.74) is 0.207. The first-order valence-corrected chi connectivity index (χ1v) is 4.82. The molecule has 1 aliphatic heterocycles. The Morgan fingerprint density at radius 3 is 2.33 bits per heavy atom. The highest BCUT2D eigenvalue weighted by Crippen LogP contribution is 2.29. The molecule has 0 aliphatic carbocycles. The predicted molar refractivity (Wildman–Crippen MR) is 51.1 cm³/mol. The van der Waals surface area contributed by atoms with Gasteiger partial charge in [0.15, 0.2) is 0 Å². The number of rotatable bonds is 1. The van der Waals surface area contributed by atoms with E-state index in [2.05, 4.69) is 32.6 Å². The predicted octanol–water partition coefficient (Wildman–Crippen LogP) is 1.49. The summed E-state index contributed by atoms with van der Waals surface area (Å²) in [5.74, 6) is 0.737. The van der Waals surface area contributed by atoms with Gasteiger partial charge in [-0.15, -0.1) is 0 Å². The number of hydrogen-bond donors (Lipinski definition) is 1. The van der Waals surface area contributed by atoms with Crippen LogP contribution in [0.5, 0.6) is 0 Å². The molecule has 0 aromatic heterocycles. The van der Waals surface area contributed by atoms with E-state index in [-0.39, 0.29) is 5.54 Å². The Balaban J connectivity index is 2.64. The highest BCUT2D eigenvalue weighted by molar-refractivity contribution is 4.90. The van der Waals surface area contributed by atoms with Crippen LogP contribution in [0, 0.1) is 5.92 Å². The molecule has 1 heterocycles. The van der Waals surface area contributed by atoms with Gasteiger partial charge in [0.2, 0.25) is 0 Å². The van der Waals surface area contributed by atoms with Gasteiger partial charge in [-0.2, -0.15) is 0 Å². The van der Waals surface area contributed by atoms with Crippen molar-refractivity contribution in [1.82, 2.24) is 4.90 Å². The van der Waals surface area contributed by atoms with Crippen LogP contribution >= 0.6 is 0 Å². The summed E-state index contributed by atoms with van der Waals surface area (Å²) in [6.07, 6.45) is 1.15. The van der Waals surface area contributed by atoms with Gasteiger partial charge in [-0.25, -0.2) is 0 Å². The summed E-state index contributed by atoms with van der Waals surface area (Å²) in [6.45, 7) is 10.3.